The zero-order valence-corrected chi connectivity index (χ0v) is 23.7. The van der Waals surface area contributed by atoms with Gasteiger partial charge in [0.1, 0.15) is 12.4 Å². The van der Waals surface area contributed by atoms with E-state index in [-0.39, 0.29) is 42.8 Å². The zero-order chi connectivity index (χ0) is 29.3. The van der Waals surface area contributed by atoms with Crippen LogP contribution < -0.4 is 14.8 Å². The van der Waals surface area contributed by atoms with Crippen LogP contribution in [0.2, 0.25) is 0 Å². The summed E-state index contributed by atoms with van der Waals surface area (Å²) < 4.78 is 16.9. The molecule has 5 rings (SSSR count). The Kier molecular flexibility index (Phi) is 9.66. The quantitative estimate of drug-likeness (QED) is 0.484. The average molecular weight is 573 g/mol. The molecule has 0 saturated carbocycles. The first kappa shape index (κ1) is 29.1. The zero-order valence-electron chi connectivity index (χ0n) is 23.7. The summed E-state index contributed by atoms with van der Waals surface area (Å²) in [6, 6.07) is 20.4. The molecule has 2 atom stereocenters. The van der Waals surface area contributed by atoms with Gasteiger partial charge >= 0.3 is 0 Å². The van der Waals surface area contributed by atoms with Crippen LogP contribution in [-0.2, 0) is 20.9 Å². The largest absolute Gasteiger partial charge is 0.494 e. The molecule has 0 aliphatic carbocycles. The summed E-state index contributed by atoms with van der Waals surface area (Å²) in [4.78, 5) is 47.3. The molecule has 2 aliphatic heterocycles. The first-order valence-corrected chi connectivity index (χ1v) is 14.2. The van der Waals surface area contributed by atoms with Crippen molar-refractivity contribution in [3.8, 4) is 11.6 Å². The second kappa shape index (κ2) is 14.0. The van der Waals surface area contributed by atoms with Crippen LogP contribution in [-0.4, -0.2) is 85.0 Å². The first-order chi connectivity index (χ1) is 20.5. The van der Waals surface area contributed by atoms with Crippen LogP contribution in [0.4, 0.5) is 0 Å². The molecule has 1 aromatic heterocycles. The lowest BCUT2D eigenvalue weighted by molar-refractivity contribution is -0.140. The lowest BCUT2D eigenvalue weighted by atomic mass is 9.94. The SMILES string of the molecule is COc1cc(C(=O)N2C[C@@H]3NC(=O)CN(C(=O)COCc4ccccc4)CCCCOc4cccc(c4)[C@H]3C2)ccn1. The summed E-state index contributed by atoms with van der Waals surface area (Å²) in [5.41, 5.74) is 2.41. The lowest BCUT2D eigenvalue weighted by Gasteiger charge is -2.26. The Hall–Kier alpha value is -4.44. The van der Waals surface area contributed by atoms with Crippen molar-refractivity contribution >= 4 is 17.7 Å². The van der Waals surface area contributed by atoms with Gasteiger partial charge in [-0.2, -0.15) is 0 Å². The van der Waals surface area contributed by atoms with E-state index >= 15 is 0 Å². The van der Waals surface area contributed by atoms with Crippen LogP contribution in [0.1, 0.15) is 40.2 Å². The van der Waals surface area contributed by atoms with E-state index in [1.807, 2.05) is 54.6 Å². The van der Waals surface area contributed by atoms with Crippen molar-refractivity contribution in [1.82, 2.24) is 20.1 Å². The van der Waals surface area contributed by atoms with Crippen molar-refractivity contribution in [1.29, 1.82) is 0 Å². The molecule has 1 fully saturated rings. The Morgan fingerprint density at radius 2 is 1.88 bits per heavy atom. The number of carbonyl (C=O) groups is 3. The van der Waals surface area contributed by atoms with Crippen LogP contribution in [0.15, 0.2) is 72.9 Å². The van der Waals surface area contributed by atoms with Crippen molar-refractivity contribution in [2.24, 2.45) is 0 Å². The number of amides is 3. The fourth-order valence-electron chi connectivity index (χ4n) is 5.36. The van der Waals surface area contributed by atoms with Crippen LogP contribution >= 0.6 is 0 Å². The molecule has 2 aliphatic rings. The van der Waals surface area contributed by atoms with Crippen LogP contribution in [0.5, 0.6) is 11.6 Å². The highest BCUT2D eigenvalue weighted by molar-refractivity contribution is 5.95. The molecule has 0 spiro atoms. The number of hydrogen-bond acceptors (Lipinski definition) is 7. The van der Waals surface area contributed by atoms with Gasteiger partial charge in [-0.05, 0) is 42.2 Å². The highest BCUT2D eigenvalue weighted by atomic mass is 16.5. The number of hydrogen-bond donors (Lipinski definition) is 1. The van der Waals surface area contributed by atoms with Crippen LogP contribution in [0.25, 0.3) is 0 Å². The summed E-state index contributed by atoms with van der Waals surface area (Å²) in [5, 5.41) is 3.12. The van der Waals surface area contributed by atoms with Gasteiger partial charge in [-0.25, -0.2) is 4.98 Å². The number of methoxy groups -OCH3 is 1. The molecule has 2 aromatic carbocycles. The maximum Gasteiger partial charge on any atom is 0.254 e. The minimum Gasteiger partial charge on any atom is -0.494 e. The Balaban J connectivity index is 1.31. The molecule has 3 aromatic rings. The van der Waals surface area contributed by atoms with Gasteiger partial charge in [-0.1, -0.05) is 42.5 Å². The summed E-state index contributed by atoms with van der Waals surface area (Å²) in [7, 11) is 1.50. The maximum absolute atomic E-state index is 13.5. The van der Waals surface area contributed by atoms with E-state index in [0.717, 1.165) is 23.3 Å². The lowest BCUT2D eigenvalue weighted by Crippen LogP contribution is -2.47. The van der Waals surface area contributed by atoms with E-state index in [1.165, 1.54) is 13.3 Å². The smallest absolute Gasteiger partial charge is 0.254 e. The molecule has 10 heteroatoms. The molecule has 3 heterocycles. The number of aromatic nitrogens is 1. The molecule has 1 saturated heterocycles. The Morgan fingerprint density at radius 1 is 1.02 bits per heavy atom. The van der Waals surface area contributed by atoms with Crippen LogP contribution in [0.3, 0.4) is 0 Å². The fraction of sp³-hybridized carbons (Fsp3) is 0.375. The van der Waals surface area contributed by atoms with E-state index in [4.69, 9.17) is 14.2 Å². The van der Waals surface area contributed by atoms with Gasteiger partial charge in [0, 0.05) is 43.4 Å². The van der Waals surface area contributed by atoms with E-state index < -0.39 is 0 Å². The summed E-state index contributed by atoms with van der Waals surface area (Å²) in [5.74, 6) is 0.243. The topological polar surface area (TPSA) is 110 Å². The highest BCUT2D eigenvalue weighted by Gasteiger charge is 2.38. The Labute approximate surface area is 245 Å². The van der Waals surface area contributed by atoms with Crippen molar-refractivity contribution in [2.75, 3.05) is 46.5 Å². The second-order valence-corrected chi connectivity index (χ2v) is 10.5. The number of ether oxygens (including phenoxy) is 3. The summed E-state index contributed by atoms with van der Waals surface area (Å²) >= 11 is 0. The molecular weight excluding hydrogens is 536 g/mol. The van der Waals surface area contributed by atoms with Crippen molar-refractivity contribution in [2.45, 2.75) is 31.4 Å². The van der Waals surface area contributed by atoms with Crippen molar-refractivity contribution in [3.63, 3.8) is 0 Å². The second-order valence-electron chi connectivity index (χ2n) is 10.5. The number of benzene rings is 2. The molecule has 220 valence electrons. The Morgan fingerprint density at radius 3 is 2.71 bits per heavy atom. The highest BCUT2D eigenvalue weighted by Crippen LogP contribution is 2.31. The molecule has 2 bridgehead atoms. The van der Waals surface area contributed by atoms with E-state index in [1.54, 1.807) is 21.9 Å². The normalized spacial score (nSPS) is 19.2. The number of rotatable bonds is 6. The van der Waals surface area contributed by atoms with Gasteiger partial charge in [0.15, 0.2) is 0 Å². The van der Waals surface area contributed by atoms with Gasteiger partial charge in [0.05, 0.1) is 32.9 Å². The number of fused-ring (bicyclic) bond motifs is 4. The van der Waals surface area contributed by atoms with Gasteiger partial charge in [0.2, 0.25) is 17.7 Å². The predicted molar refractivity (Wildman–Crippen MR) is 155 cm³/mol. The third-order valence-corrected chi connectivity index (χ3v) is 7.55. The number of pyridine rings is 1. The van der Waals surface area contributed by atoms with E-state index in [2.05, 4.69) is 10.3 Å². The van der Waals surface area contributed by atoms with Gasteiger partial charge < -0.3 is 29.3 Å². The van der Waals surface area contributed by atoms with E-state index in [0.29, 0.717) is 50.7 Å². The minimum atomic E-state index is -0.352. The monoisotopic (exact) mass is 572 g/mol. The minimum absolute atomic E-state index is 0.0901. The molecule has 10 nitrogen and oxygen atoms in total. The van der Waals surface area contributed by atoms with Crippen molar-refractivity contribution < 1.29 is 28.6 Å². The molecule has 1 N–H and O–H groups in total. The molecular formula is C32H36N4O6. The molecule has 0 unspecified atom stereocenters. The molecule has 42 heavy (non-hydrogen) atoms. The molecule has 3 amide bonds. The standard InChI is InChI=1S/C32H36N4O6/c1-40-30-17-25(12-13-33-30)32(39)36-18-27-24-10-7-11-26(16-24)42-15-6-5-14-35(20-29(37)34-28(27)19-36)31(38)22-41-21-23-8-3-2-4-9-23/h2-4,7-13,16-17,27-28H,5-6,14-15,18-22H2,1H3,(H,34,37)/t27-,28+/m1/s1. The van der Waals surface area contributed by atoms with Crippen molar-refractivity contribution in [3.05, 3.63) is 89.6 Å². The number of nitrogens with zero attached hydrogens (tertiary/aromatic N) is 3. The van der Waals surface area contributed by atoms with Gasteiger partial charge in [-0.15, -0.1) is 0 Å². The maximum atomic E-state index is 13.5. The van der Waals surface area contributed by atoms with E-state index in [9.17, 15) is 14.4 Å². The third kappa shape index (κ3) is 7.44. The predicted octanol–water partition coefficient (Wildman–Crippen LogP) is 3.03. The number of likely N-dealkylation sites (tertiary alicyclic amines) is 1. The molecule has 0 radical (unpaired) electrons. The fourth-order valence-corrected chi connectivity index (χ4v) is 5.36. The number of carbonyl (C=O) groups excluding carboxylic acids is 3. The Bertz CT molecular complexity index is 1380. The average Bonchev–Trinajstić information content (AvgIpc) is 3.43. The summed E-state index contributed by atoms with van der Waals surface area (Å²) in [6.07, 6.45) is 2.95. The number of nitrogens with one attached hydrogen (secondary N) is 1. The van der Waals surface area contributed by atoms with Crippen LogP contribution in [0, 0.1) is 0 Å². The third-order valence-electron chi connectivity index (χ3n) is 7.55. The summed E-state index contributed by atoms with van der Waals surface area (Å²) in [6.45, 7) is 1.74. The first-order valence-electron chi connectivity index (χ1n) is 14.2. The van der Waals surface area contributed by atoms with Gasteiger partial charge in [-0.3, -0.25) is 14.4 Å². The van der Waals surface area contributed by atoms with Gasteiger partial charge in [0.25, 0.3) is 5.91 Å².